The fourth-order valence-corrected chi connectivity index (χ4v) is 3.20. The summed E-state index contributed by atoms with van der Waals surface area (Å²) < 4.78 is 5.00. The Hall–Kier alpha value is -2.71. The zero-order valence-electron chi connectivity index (χ0n) is 14.6. The molecule has 2 fully saturated rings. The van der Waals surface area contributed by atoms with Crippen molar-refractivity contribution in [2.24, 2.45) is 5.16 Å². The predicted molar refractivity (Wildman–Crippen MR) is 90.8 cm³/mol. The Kier molecular flexibility index (Phi) is 4.21. The Morgan fingerprint density at radius 1 is 1.27 bits per heavy atom. The van der Waals surface area contributed by atoms with Gasteiger partial charge in [-0.05, 0) is 12.8 Å². The summed E-state index contributed by atoms with van der Waals surface area (Å²) in [6, 6.07) is 0.297. The van der Waals surface area contributed by atoms with Crippen molar-refractivity contribution in [2.45, 2.75) is 43.7 Å². The van der Waals surface area contributed by atoms with Gasteiger partial charge >= 0.3 is 0 Å². The first-order valence-electron chi connectivity index (χ1n) is 8.80. The Morgan fingerprint density at radius 2 is 1.96 bits per heavy atom. The molecule has 9 heteroatoms. The van der Waals surface area contributed by atoms with Crippen LogP contribution in [-0.4, -0.2) is 64.2 Å². The van der Waals surface area contributed by atoms with Gasteiger partial charge in [-0.1, -0.05) is 5.16 Å². The third kappa shape index (κ3) is 3.33. The number of hydrogen-bond donors (Lipinski definition) is 1. The van der Waals surface area contributed by atoms with Crippen molar-refractivity contribution in [3.63, 3.8) is 0 Å². The van der Waals surface area contributed by atoms with Gasteiger partial charge < -0.3 is 19.8 Å². The summed E-state index contributed by atoms with van der Waals surface area (Å²) in [4.78, 5) is 40.1. The molecule has 1 aliphatic carbocycles. The zero-order chi connectivity index (χ0) is 18.1. The molecule has 0 radical (unpaired) electrons. The average molecular weight is 359 g/mol. The molecule has 1 aromatic heterocycles. The lowest BCUT2D eigenvalue weighted by Crippen LogP contribution is -2.47. The van der Waals surface area contributed by atoms with Crippen LogP contribution in [0, 0.1) is 0 Å². The second-order valence-corrected chi connectivity index (χ2v) is 6.98. The van der Waals surface area contributed by atoms with Gasteiger partial charge in [0.1, 0.15) is 11.3 Å². The maximum absolute atomic E-state index is 12.5. The van der Waals surface area contributed by atoms with Gasteiger partial charge in [-0.3, -0.25) is 9.59 Å². The van der Waals surface area contributed by atoms with Crippen LogP contribution in [0.5, 0.6) is 5.75 Å². The SMILES string of the molecule is COc1cnc(C(=O)N2CCC3(CC2)CC(C(=O)NC2CC2)=NO3)nc1. The molecule has 4 rings (SSSR count). The third-order valence-corrected chi connectivity index (χ3v) is 5.03. The lowest BCUT2D eigenvalue weighted by atomic mass is 9.86. The molecule has 1 aromatic rings. The van der Waals surface area contributed by atoms with Gasteiger partial charge in [-0.15, -0.1) is 0 Å². The van der Waals surface area contributed by atoms with E-state index in [1.807, 2.05) is 0 Å². The number of carbonyl (C=O) groups excluding carboxylic acids is 2. The van der Waals surface area contributed by atoms with Crippen LogP contribution in [0.1, 0.15) is 42.7 Å². The van der Waals surface area contributed by atoms with Crippen molar-refractivity contribution in [3.8, 4) is 5.75 Å². The Labute approximate surface area is 150 Å². The van der Waals surface area contributed by atoms with E-state index in [1.54, 1.807) is 4.90 Å². The predicted octanol–water partition coefficient (Wildman–Crippen LogP) is 0.515. The molecule has 0 atom stereocenters. The Balaban J connectivity index is 1.32. The van der Waals surface area contributed by atoms with E-state index in [0.717, 1.165) is 12.8 Å². The third-order valence-electron chi connectivity index (χ3n) is 5.03. The highest BCUT2D eigenvalue weighted by molar-refractivity contribution is 6.39. The Bertz CT molecular complexity index is 736. The number of rotatable bonds is 4. The first-order valence-corrected chi connectivity index (χ1v) is 8.80. The van der Waals surface area contributed by atoms with Crippen LogP contribution >= 0.6 is 0 Å². The van der Waals surface area contributed by atoms with E-state index < -0.39 is 5.60 Å². The molecule has 0 bridgehead atoms. The van der Waals surface area contributed by atoms with Crippen molar-refractivity contribution in [3.05, 3.63) is 18.2 Å². The quantitative estimate of drug-likeness (QED) is 0.840. The van der Waals surface area contributed by atoms with E-state index >= 15 is 0 Å². The number of methoxy groups -OCH3 is 1. The number of likely N-dealkylation sites (tertiary alicyclic amines) is 1. The molecule has 2 aliphatic heterocycles. The van der Waals surface area contributed by atoms with Gasteiger partial charge in [-0.25, -0.2) is 9.97 Å². The molecule has 1 saturated carbocycles. The van der Waals surface area contributed by atoms with E-state index in [-0.39, 0.29) is 17.6 Å². The molecule has 138 valence electrons. The van der Waals surface area contributed by atoms with E-state index in [9.17, 15) is 9.59 Å². The van der Waals surface area contributed by atoms with Crippen molar-refractivity contribution < 1.29 is 19.2 Å². The number of ether oxygens (including phenoxy) is 1. The van der Waals surface area contributed by atoms with Crippen LogP contribution in [0.2, 0.25) is 0 Å². The second kappa shape index (κ2) is 6.54. The van der Waals surface area contributed by atoms with E-state index in [4.69, 9.17) is 9.57 Å². The first kappa shape index (κ1) is 16.7. The molecule has 3 heterocycles. The minimum Gasteiger partial charge on any atom is -0.494 e. The van der Waals surface area contributed by atoms with E-state index in [2.05, 4.69) is 20.4 Å². The number of piperidine rings is 1. The minimum absolute atomic E-state index is 0.130. The summed E-state index contributed by atoms with van der Waals surface area (Å²) in [5.41, 5.74) is -0.0245. The van der Waals surface area contributed by atoms with Crippen LogP contribution in [0.3, 0.4) is 0 Å². The number of carbonyl (C=O) groups is 2. The maximum atomic E-state index is 12.5. The van der Waals surface area contributed by atoms with Gasteiger partial charge in [0.2, 0.25) is 5.82 Å². The van der Waals surface area contributed by atoms with Crippen LogP contribution in [0.15, 0.2) is 17.5 Å². The molecular weight excluding hydrogens is 338 g/mol. The van der Waals surface area contributed by atoms with Crippen molar-refractivity contribution in [1.82, 2.24) is 20.2 Å². The Morgan fingerprint density at radius 3 is 2.58 bits per heavy atom. The highest BCUT2D eigenvalue weighted by Crippen LogP contribution is 2.35. The summed E-state index contributed by atoms with van der Waals surface area (Å²) in [6.07, 6.45) is 6.77. The largest absolute Gasteiger partial charge is 0.494 e. The molecule has 0 unspecified atom stereocenters. The monoisotopic (exact) mass is 359 g/mol. The highest BCUT2D eigenvalue weighted by Gasteiger charge is 2.45. The fraction of sp³-hybridized carbons (Fsp3) is 0.588. The summed E-state index contributed by atoms with van der Waals surface area (Å²) in [5, 5.41) is 6.94. The molecule has 26 heavy (non-hydrogen) atoms. The van der Waals surface area contributed by atoms with Crippen molar-refractivity contribution in [1.29, 1.82) is 0 Å². The van der Waals surface area contributed by atoms with Gasteiger partial charge in [0.25, 0.3) is 11.8 Å². The molecule has 9 nitrogen and oxygen atoms in total. The molecule has 3 aliphatic rings. The van der Waals surface area contributed by atoms with Crippen LogP contribution in [0.25, 0.3) is 0 Å². The van der Waals surface area contributed by atoms with Gasteiger partial charge in [0.15, 0.2) is 5.75 Å². The number of hydrogen-bond acceptors (Lipinski definition) is 7. The van der Waals surface area contributed by atoms with E-state index in [0.29, 0.717) is 49.9 Å². The number of amides is 2. The average Bonchev–Trinajstić information content (AvgIpc) is 3.40. The lowest BCUT2D eigenvalue weighted by Gasteiger charge is -2.36. The normalized spacial score (nSPS) is 21.1. The second-order valence-electron chi connectivity index (χ2n) is 6.98. The summed E-state index contributed by atoms with van der Waals surface area (Å²) in [5.74, 6) is 0.310. The van der Waals surface area contributed by atoms with Gasteiger partial charge in [-0.2, -0.15) is 0 Å². The fourth-order valence-electron chi connectivity index (χ4n) is 3.20. The van der Waals surface area contributed by atoms with Crippen LogP contribution in [-0.2, 0) is 9.63 Å². The number of oxime groups is 1. The highest BCUT2D eigenvalue weighted by atomic mass is 16.7. The topological polar surface area (TPSA) is 106 Å². The zero-order valence-corrected chi connectivity index (χ0v) is 14.6. The molecule has 2 amide bonds. The molecular formula is C17H21N5O4. The maximum Gasteiger partial charge on any atom is 0.291 e. The van der Waals surface area contributed by atoms with Crippen LogP contribution in [0.4, 0.5) is 0 Å². The first-order chi connectivity index (χ1) is 12.6. The summed E-state index contributed by atoms with van der Waals surface area (Å²) >= 11 is 0. The van der Waals surface area contributed by atoms with Gasteiger partial charge in [0, 0.05) is 38.4 Å². The molecule has 1 spiro atoms. The number of nitrogens with one attached hydrogen (secondary N) is 1. The summed E-state index contributed by atoms with van der Waals surface area (Å²) in [7, 11) is 1.52. The smallest absolute Gasteiger partial charge is 0.291 e. The number of aromatic nitrogens is 2. The summed E-state index contributed by atoms with van der Waals surface area (Å²) in [6.45, 7) is 1.03. The van der Waals surface area contributed by atoms with Gasteiger partial charge in [0.05, 0.1) is 19.5 Å². The van der Waals surface area contributed by atoms with Crippen LogP contribution < -0.4 is 10.1 Å². The molecule has 1 N–H and O–H groups in total. The molecule has 1 saturated heterocycles. The minimum atomic E-state index is -0.478. The standard InChI is InChI=1S/C17H21N5O4/c1-25-12-9-18-14(19-10-12)16(24)22-6-4-17(5-7-22)8-13(21-26-17)15(23)20-11-2-3-11/h9-11H,2-8H2,1H3,(H,20,23). The number of nitrogens with zero attached hydrogens (tertiary/aromatic N) is 4. The van der Waals surface area contributed by atoms with E-state index in [1.165, 1.54) is 19.5 Å². The van der Waals surface area contributed by atoms with Crippen molar-refractivity contribution >= 4 is 17.5 Å². The molecule has 0 aromatic carbocycles. The van der Waals surface area contributed by atoms with Crippen molar-refractivity contribution in [2.75, 3.05) is 20.2 Å². The lowest BCUT2D eigenvalue weighted by molar-refractivity contribution is -0.115.